The van der Waals surface area contributed by atoms with E-state index in [1.54, 1.807) is 12.1 Å². The van der Waals surface area contributed by atoms with Gasteiger partial charge >= 0.3 is 0 Å². The molecule has 0 aliphatic heterocycles. The molecule has 0 unspecified atom stereocenters. The molecule has 23 heavy (non-hydrogen) atoms. The third-order valence-electron chi connectivity index (χ3n) is 3.24. The van der Waals surface area contributed by atoms with Gasteiger partial charge in [-0.05, 0) is 24.1 Å². The number of amides is 1. The van der Waals surface area contributed by atoms with E-state index < -0.39 is 0 Å². The van der Waals surface area contributed by atoms with Crippen LogP contribution in [0, 0.1) is 0 Å². The molecule has 0 aliphatic carbocycles. The Morgan fingerprint density at radius 1 is 1.22 bits per heavy atom. The highest BCUT2D eigenvalue weighted by atomic mass is 35.5. The van der Waals surface area contributed by atoms with Gasteiger partial charge in [0.1, 0.15) is 0 Å². The van der Waals surface area contributed by atoms with E-state index in [9.17, 15) is 4.79 Å². The van der Waals surface area contributed by atoms with E-state index in [4.69, 9.17) is 21.1 Å². The molecule has 0 saturated carbocycles. The summed E-state index contributed by atoms with van der Waals surface area (Å²) in [6, 6.07) is 12.9. The average molecular weight is 334 g/mol. The molecule has 122 valence electrons. The van der Waals surface area contributed by atoms with Crippen LogP contribution in [0.4, 0.5) is 0 Å². The summed E-state index contributed by atoms with van der Waals surface area (Å²) >= 11 is 6.23. The molecular formula is C18H20ClNO3. The molecule has 1 N–H and O–H groups in total. The standard InChI is InChI=1S/C18H20ClNO3/c1-3-9-23-17-15(19)10-14(11-16(17)22-2)18(21)20-12-13-7-5-4-6-8-13/h4-8,10-11H,3,9,12H2,1-2H3,(H,20,21). The minimum atomic E-state index is -0.212. The third kappa shape index (κ3) is 4.63. The SMILES string of the molecule is CCCOc1c(Cl)cc(C(=O)NCc2ccccc2)cc1OC. The van der Waals surface area contributed by atoms with Gasteiger partial charge in [-0.3, -0.25) is 4.79 Å². The number of carbonyl (C=O) groups is 1. The summed E-state index contributed by atoms with van der Waals surface area (Å²) in [4.78, 5) is 12.3. The van der Waals surface area contributed by atoms with Crippen molar-refractivity contribution in [2.24, 2.45) is 0 Å². The molecule has 0 fully saturated rings. The maximum Gasteiger partial charge on any atom is 0.251 e. The highest BCUT2D eigenvalue weighted by molar-refractivity contribution is 6.32. The van der Waals surface area contributed by atoms with Crippen molar-refractivity contribution in [3.8, 4) is 11.5 Å². The van der Waals surface area contributed by atoms with Crippen LogP contribution in [0.15, 0.2) is 42.5 Å². The lowest BCUT2D eigenvalue weighted by Gasteiger charge is -2.14. The van der Waals surface area contributed by atoms with Crippen molar-refractivity contribution in [2.45, 2.75) is 19.9 Å². The largest absolute Gasteiger partial charge is 0.493 e. The topological polar surface area (TPSA) is 47.6 Å². The smallest absolute Gasteiger partial charge is 0.251 e. The number of halogens is 1. The van der Waals surface area contributed by atoms with Crippen molar-refractivity contribution in [1.82, 2.24) is 5.32 Å². The molecule has 2 aromatic rings. The molecule has 0 spiro atoms. The number of nitrogens with one attached hydrogen (secondary N) is 1. The van der Waals surface area contributed by atoms with Crippen LogP contribution in [0.2, 0.25) is 5.02 Å². The van der Waals surface area contributed by atoms with Crippen LogP contribution in [0.1, 0.15) is 29.3 Å². The number of carbonyl (C=O) groups excluding carboxylic acids is 1. The fourth-order valence-corrected chi connectivity index (χ4v) is 2.34. The van der Waals surface area contributed by atoms with Crippen molar-refractivity contribution < 1.29 is 14.3 Å². The molecule has 0 aromatic heterocycles. The van der Waals surface area contributed by atoms with Crippen LogP contribution in [-0.4, -0.2) is 19.6 Å². The van der Waals surface area contributed by atoms with Crippen LogP contribution in [0.25, 0.3) is 0 Å². The highest BCUT2D eigenvalue weighted by Crippen LogP contribution is 2.36. The second kappa shape index (κ2) is 8.44. The Labute approximate surface area is 141 Å². The maximum absolute atomic E-state index is 12.3. The van der Waals surface area contributed by atoms with Gasteiger partial charge in [-0.25, -0.2) is 0 Å². The van der Waals surface area contributed by atoms with Gasteiger partial charge in [0, 0.05) is 12.1 Å². The predicted molar refractivity (Wildman–Crippen MR) is 91.4 cm³/mol. The van der Waals surface area contributed by atoms with E-state index in [0.29, 0.717) is 35.2 Å². The van der Waals surface area contributed by atoms with E-state index in [2.05, 4.69) is 5.32 Å². The van der Waals surface area contributed by atoms with E-state index in [0.717, 1.165) is 12.0 Å². The van der Waals surface area contributed by atoms with E-state index in [-0.39, 0.29) is 5.91 Å². The van der Waals surface area contributed by atoms with Crippen LogP contribution in [0.5, 0.6) is 11.5 Å². The summed E-state index contributed by atoms with van der Waals surface area (Å²) in [6.45, 7) is 3.00. The van der Waals surface area contributed by atoms with Crippen LogP contribution >= 0.6 is 11.6 Å². The van der Waals surface area contributed by atoms with E-state index in [1.807, 2.05) is 37.3 Å². The van der Waals surface area contributed by atoms with Crippen LogP contribution in [0.3, 0.4) is 0 Å². The van der Waals surface area contributed by atoms with Gasteiger partial charge in [0.05, 0.1) is 18.7 Å². The molecule has 2 rings (SSSR count). The second-order valence-corrected chi connectivity index (χ2v) is 5.41. The van der Waals surface area contributed by atoms with Crippen LogP contribution < -0.4 is 14.8 Å². The number of hydrogen-bond acceptors (Lipinski definition) is 3. The first-order chi connectivity index (χ1) is 11.2. The number of rotatable bonds is 7. The summed E-state index contributed by atoms with van der Waals surface area (Å²) in [7, 11) is 1.52. The molecule has 4 nitrogen and oxygen atoms in total. The molecule has 0 radical (unpaired) electrons. The fourth-order valence-electron chi connectivity index (χ4n) is 2.08. The zero-order chi connectivity index (χ0) is 16.7. The molecular weight excluding hydrogens is 314 g/mol. The third-order valence-corrected chi connectivity index (χ3v) is 3.52. The summed E-state index contributed by atoms with van der Waals surface area (Å²) in [5.74, 6) is 0.711. The fraction of sp³-hybridized carbons (Fsp3) is 0.278. The Morgan fingerprint density at radius 2 is 1.96 bits per heavy atom. The molecule has 0 atom stereocenters. The number of methoxy groups -OCH3 is 1. The lowest BCUT2D eigenvalue weighted by Crippen LogP contribution is -2.22. The van der Waals surface area contributed by atoms with Gasteiger partial charge in [0.25, 0.3) is 5.91 Å². The Balaban J connectivity index is 2.12. The zero-order valence-electron chi connectivity index (χ0n) is 13.3. The van der Waals surface area contributed by atoms with Crippen molar-refractivity contribution in [3.05, 3.63) is 58.6 Å². The van der Waals surface area contributed by atoms with Crippen molar-refractivity contribution in [1.29, 1.82) is 0 Å². The first-order valence-corrected chi connectivity index (χ1v) is 7.86. The molecule has 2 aromatic carbocycles. The van der Waals surface area contributed by atoms with Gasteiger partial charge in [0.15, 0.2) is 11.5 Å². The maximum atomic E-state index is 12.3. The van der Waals surface area contributed by atoms with Crippen molar-refractivity contribution in [3.63, 3.8) is 0 Å². The molecule has 0 bridgehead atoms. The highest BCUT2D eigenvalue weighted by Gasteiger charge is 2.15. The lowest BCUT2D eigenvalue weighted by atomic mass is 10.1. The normalized spacial score (nSPS) is 10.2. The van der Waals surface area contributed by atoms with Gasteiger partial charge in [-0.1, -0.05) is 48.9 Å². The van der Waals surface area contributed by atoms with E-state index >= 15 is 0 Å². The average Bonchev–Trinajstić information content (AvgIpc) is 2.58. The second-order valence-electron chi connectivity index (χ2n) is 5.01. The Hall–Kier alpha value is -2.20. The number of hydrogen-bond donors (Lipinski definition) is 1. The van der Waals surface area contributed by atoms with E-state index in [1.165, 1.54) is 7.11 Å². The Kier molecular flexibility index (Phi) is 6.29. The minimum Gasteiger partial charge on any atom is -0.493 e. The quantitative estimate of drug-likeness (QED) is 0.831. The number of ether oxygens (including phenoxy) is 2. The van der Waals surface area contributed by atoms with Gasteiger partial charge in [-0.15, -0.1) is 0 Å². The number of benzene rings is 2. The monoisotopic (exact) mass is 333 g/mol. The van der Waals surface area contributed by atoms with Gasteiger partial charge in [-0.2, -0.15) is 0 Å². The van der Waals surface area contributed by atoms with Gasteiger partial charge < -0.3 is 14.8 Å². The summed E-state index contributed by atoms with van der Waals surface area (Å²) in [5.41, 5.74) is 1.47. The Bertz CT molecular complexity index is 659. The lowest BCUT2D eigenvalue weighted by molar-refractivity contribution is 0.0950. The first-order valence-electron chi connectivity index (χ1n) is 7.48. The Morgan fingerprint density at radius 3 is 2.61 bits per heavy atom. The summed E-state index contributed by atoms with van der Waals surface area (Å²) in [6.07, 6.45) is 0.860. The summed E-state index contributed by atoms with van der Waals surface area (Å²) < 4.78 is 10.9. The first kappa shape index (κ1) is 17.2. The van der Waals surface area contributed by atoms with Crippen molar-refractivity contribution in [2.75, 3.05) is 13.7 Å². The molecule has 5 heteroatoms. The molecule has 1 amide bonds. The zero-order valence-corrected chi connectivity index (χ0v) is 14.0. The summed E-state index contributed by atoms with van der Waals surface area (Å²) in [5, 5.41) is 3.23. The molecule has 0 heterocycles. The molecule has 0 aliphatic rings. The minimum absolute atomic E-state index is 0.212. The van der Waals surface area contributed by atoms with Crippen molar-refractivity contribution >= 4 is 17.5 Å². The molecule has 0 saturated heterocycles. The predicted octanol–water partition coefficient (Wildman–Crippen LogP) is 4.07. The van der Waals surface area contributed by atoms with Gasteiger partial charge in [0.2, 0.25) is 0 Å². The van der Waals surface area contributed by atoms with Crippen LogP contribution in [-0.2, 0) is 6.54 Å².